The fourth-order valence-corrected chi connectivity index (χ4v) is 1.49. The van der Waals surface area contributed by atoms with Crippen molar-refractivity contribution in [3.05, 3.63) is 59.2 Å². The monoisotopic (exact) mass is 248 g/mol. The molecule has 2 aromatic rings. The van der Waals surface area contributed by atoms with Crippen LogP contribution in [-0.4, -0.2) is 6.29 Å². The highest BCUT2D eigenvalue weighted by atomic mass is 19.1. The highest BCUT2D eigenvalue weighted by Crippen LogP contribution is 2.26. The number of aldehydes is 1. The van der Waals surface area contributed by atoms with Crippen LogP contribution in [0.15, 0.2) is 36.4 Å². The Balaban J connectivity index is 2.31. The van der Waals surface area contributed by atoms with Crippen LogP contribution in [0.25, 0.3) is 0 Å². The van der Waals surface area contributed by atoms with Gasteiger partial charge in [-0.2, -0.15) is 0 Å². The Morgan fingerprint density at radius 1 is 1.11 bits per heavy atom. The van der Waals surface area contributed by atoms with Crippen molar-refractivity contribution in [2.24, 2.45) is 0 Å². The molecule has 18 heavy (non-hydrogen) atoms. The van der Waals surface area contributed by atoms with Crippen LogP contribution in [0.5, 0.6) is 11.5 Å². The Kier molecular flexibility index (Phi) is 3.37. The van der Waals surface area contributed by atoms with Gasteiger partial charge in [0.2, 0.25) is 0 Å². The molecule has 2 aromatic carbocycles. The Bertz CT molecular complexity index is 594. The summed E-state index contributed by atoms with van der Waals surface area (Å²) >= 11 is 0. The molecule has 0 fully saturated rings. The Labute approximate surface area is 103 Å². The largest absolute Gasteiger partial charge is 0.454 e. The molecule has 0 unspecified atom stereocenters. The van der Waals surface area contributed by atoms with Gasteiger partial charge in [0.05, 0.1) is 0 Å². The van der Waals surface area contributed by atoms with Gasteiger partial charge in [-0.05, 0) is 36.8 Å². The zero-order chi connectivity index (χ0) is 13.1. The quantitative estimate of drug-likeness (QED) is 0.770. The van der Waals surface area contributed by atoms with E-state index in [1.807, 2.05) is 0 Å². The standard InChI is InChI=1S/C14H10F2O2/c1-9-2-4-12(6-10(9)8-17)18-14-5-3-11(15)7-13(14)16/h2-8H,1H3. The number of rotatable bonds is 3. The van der Waals surface area contributed by atoms with Gasteiger partial charge < -0.3 is 4.74 Å². The molecule has 0 aliphatic heterocycles. The minimum absolute atomic E-state index is 0.0860. The van der Waals surface area contributed by atoms with Crippen LogP contribution in [-0.2, 0) is 0 Å². The Morgan fingerprint density at radius 3 is 2.56 bits per heavy atom. The van der Waals surface area contributed by atoms with Crippen molar-refractivity contribution in [1.82, 2.24) is 0 Å². The molecule has 0 saturated heterocycles. The van der Waals surface area contributed by atoms with E-state index in [0.29, 0.717) is 17.6 Å². The van der Waals surface area contributed by atoms with Crippen LogP contribution in [0.3, 0.4) is 0 Å². The van der Waals surface area contributed by atoms with Gasteiger partial charge in [0.15, 0.2) is 11.6 Å². The second-order valence-corrected chi connectivity index (χ2v) is 3.81. The topological polar surface area (TPSA) is 26.3 Å². The maximum absolute atomic E-state index is 13.4. The fourth-order valence-electron chi connectivity index (χ4n) is 1.49. The average molecular weight is 248 g/mol. The molecule has 0 atom stereocenters. The Hall–Kier alpha value is -2.23. The number of ether oxygens (including phenoxy) is 1. The molecule has 0 heterocycles. The molecule has 0 aromatic heterocycles. The summed E-state index contributed by atoms with van der Waals surface area (Å²) in [4.78, 5) is 10.8. The molecular weight excluding hydrogens is 238 g/mol. The number of aryl methyl sites for hydroxylation is 1. The molecule has 0 aliphatic carbocycles. The molecule has 2 rings (SSSR count). The Morgan fingerprint density at radius 2 is 1.89 bits per heavy atom. The van der Waals surface area contributed by atoms with Gasteiger partial charge in [0.1, 0.15) is 17.9 Å². The zero-order valence-corrected chi connectivity index (χ0v) is 9.61. The summed E-state index contributed by atoms with van der Waals surface area (Å²) in [6.07, 6.45) is 0.698. The molecular formula is C14H10F2O2. The van der Waals surface area contributed by atoms with E-state index in [-0.39, 0.29) is 5.75 Å². The van der Waals surface area contributed by atoms with Crippen molar-refractivity contribution in [2.75, 3.05) is 0 Å². The van der Waals surface area contributed by atoms with Gasteiger partial charge in [-0.25, -0.2) is 8.78 Å². The summed E-state index contributed by atoms with van der Waals surface area (Å²) in [5.74, 6) is -1.22. The first kappa shape index (κ1) is 12.2. The number of benzene rings is 2. The van der Waals surface area contributed by atoms with E-state index < -0.39 is 11.6 Å². The third-order valence-electron chi connectivity index (χ3n) is 2.50. The molecule has 0 N–H and O–H groups in total. The summed E-state index contributed by atoms with van der Waals surface area (Å²) in [5, 5.41) is 0. The van der Waals surface area contributed by atoms with Crippen molar-refractivity contribution in [3.8, 4) is 11.5 Å². The number of hydrogen-bond donors (Lipinski definition) is 0. The first-order valence-electron chi connectivity index (χ1n) is 5.29. The van der Waals surface area contributed by atoms with E-state index >= 15 is 0 Å². The molecule has 0 spiro atoms. The lowest BCUT2D eigenvalue weighted by Gasteiger charge is -2.08. The van der Waals surface area contributed by atoms with Gasteiger partial charge in [-0.15, -0.1) is 0 Å². The van der Waals surface area contributed by atoms with Crippen molar-refractivity contribution in [2.45, 2.75) is 6.92 Å². The molecule has 2 nitrogen and oxygen atoms in total. The third-order valence-corrected chi connectivity index (χ3v) is 2.50. The van der Waals surface area contributed by atoms with Crippen LogP contribution in [0, 0.1) is 18.6 Å². The second kappa shape index (κ2) is 4.96. The van der Waals surface area contributed by atoms with E-state index in [4.69, 9.17) is 4.74 Å². The van der Waals surface area contributed by atoms with E-state index in [1.165, 1.54) is 12.1 Å². The minimum atomic E-state index is -0.789. The van der Waals surface area contributed by atoms with Gasteiger partial charge in [-0.1, -0.05) is 6.07 Å². The second-order valence-electron chi connectivity index (χ2n) is 3.81. The predicted molar refractivity (Wildman–Crippen MR) is 63.0 cm³/mol. The molecule has 0 aliphatic rings. The molecule has 0 bridgehead atoms. The van der Waals surface area contributed by atoms with Gasteiger partial charge >= 0.3 is 0 Å². The minimum Gasteiger partial charge on any atom is -0.454 e. The first-order chi connectivity index (χ1) is 8.60. The number of carbonyl (C=O) groups is 1. The van der Waals surface area contributed by atoms with Crippen molar-refractivity contribution in [3.63, 3.8) is 0 Å². The summed E-state index contributed by atoms with van der Waals surface area (Å²) < 4.78 is 31.3. The van der Waals surface area contributed by atoms with Gasteiger partial charge in [0.25, 0.3) is 0 Å². The van der Waals surface area contributed by atoms with E-state index in [9.17, 15) is 13.6 Å². The van der Waals surface area contributed by atoms with Crippen molar-refractivity contribution in [1.29, 1.82) is 0 Å². The maximum atomic E-state index is 13.4. The zero-order valence-electron chi connectivity index (χ0n) is 9.61. The van der Waals surface area contributed by atoms with Gasteiger partial charge in [-0.3, -0.25) is 4.79 Å². The van der Waals surface area contributed by atoms with Crippen molar-refractivity contribution >= 4 is 6.29 Å². The average Bonchev–Trinajstić information content (AvgIpc) is 2.35. The van der Waals surface area contributed by atoms with Crippen LogP contribution >= 0.6 is 0 Å². The van der Waals surface area contributed by atoms with E-state index in [2.05, 4.69) is 0 Å². The van der Waals surface area contributed by atoms with Gasteiger partial charge in [0, 0.05) is 11.6 Å². The predicted octanol–water partition coefficient (Wildman–Crippen LogP) is 3.88. The number of carbonyl (C=O) groups excluding carboxylic acids is 1. The number of halogens is 2. The molecule has 92 valence electrons. The van der Waals surface area contributed by atoms with Crippen LogP contribution < -0.4 is 4.74 Å². The normalized spacial score (nSPS) is 10.2. The van der Waals surface area contributed by atoms with E-state index in [0.717, 1.165) is 17.7 Å². The first-order valence-corrected chi connectivity index (χ1v) is 5.29. The summed E-state index contributed by atoms with van der Waals surface area (Å²) in [5.41, 5.74) is 1.27. The number of hydrogen-bond acceptors (Lipinski definition) is 2. The SMILES string of the molecule is Cc1ccc(Oc2ccc(F)cc2F)cc1C=O. The highest BCUT2D eigenvalue weighted by Gasteiger charge is 2.07. The summed E-state index contributed by atoms with van der Waals surface area (Å²) in [6.45, 7) is 1.78. The lowest BCUT2D eigenvalue weighted by Crippen LogP contribution is -1.92. The smallest absolute Gasteiger partial charge is 0.168 e. The van der Waals surface area contributed by atoms with E-state index in [1.54, 1.807) is 19.1 Å². The van der Waals surface area contributed by atoms with Crippen molar-refractivity contribution < 1.29 is 18.3 Å². The molecule has 4 heteroatoms. The lowest BCUT2D eigenvalue weighted by atomic mass is 10.1. The molecule has 0 saturated carbocycles. The highest BCUT2D eigenvalue weighted by molar-refractivity contribution is 5.77. The third kappa shape index (κ3) is 2.53. The van der Waals surface area contributed by atoms with Crippen LogP contribution in [0.4, 0.5) is 8.78 Å². The maximum Gasteiger partial charge on any atom is 0.168 e. The molecule has 0 amide bonds. The summed E-state index contributed by atoms with van der Waals surface area (Å²) in [7, 11) is 0. The lowest BCUT2D eigenvalue weighted by molar-refractivity contribution is 0.112. The summed E-state index contributed by atoms with van der Waals surface area (Å²) in [6, 6.07) is 7.86. The fraction of sp³-hybridized carbons (Fsp3) is 0.0714. The van der Waals surface area contributed by atoms with Crippen LogP contribution in [0.1, 0.15) is 15.9 Å². The van der Waals surface area contributed by atoms with Crippen LogP contribution in [0.2, 0.25) is 0 Å². The molecule has 0 radical (unpaired) electrons.